The molecular weight excluding hydrogens is 243 g/mol. The largest absolute Gasteiger partial charge is 0.243 e. The zero-order valence-electron chi connectivity index (χ0n) is 7.00. The Morgan fingerprint density at radius 2 is 2.07 bits per heavy atom. The minimum absolute atomic E-state index is 0.360. The molecule has 74 valence electrons. The molecule has 14 heavy (non-hydrogen) atoms. The summed E-state index contributed by atoms with van der Waals surface area (Å²) in [5, 5.41) is 0.561. The van der Waals surface area contributed by atoms with Crippen molar-refractivity contribution in [3.63, 3.8) is 0 Å². The topological polar surface area (TPSA) is 34.1 Å². The van der Waals surface area contributed by atoms with E-state index >= 15 is 0 Å². The summed E-state index contributed by atoms with van der Waals surface area (Å²) < 4.78 is 21.1. The van der Waals surface area contributed by atoms with Crippen LogP contribution < -0.4 is 0 Å². The van der Waals surface area contributed by atoms with Crippen LogP contribution in [0.3, 0.4) is 0 Å². The van der Waals surface area contributed by atoms with Crippen LogP contribution >= 0.6 is 22.3 Å². The van der Waals surface area contributed by atoms with Crippen LogP contribution in [0.5, 0.6) is 0 Å². The van der Waals surface area contributed by atoms with Crippen molar-refractivity contribution in [3.8, 4) is 11.8 Å². The van der Waals surface area contributed by atoms with E-state index in [1.807, 2.05) is 0 Å². The third-order valence-corrected chi connectivity index (χ3v) is 2.35. The molecule has 0 N–H and O–H groups in total. The van der Waals surface area contributed by atoms with Gasteiger partial charge in [-0.05, 0) is 18.2 Å². The SMILES string of the molecule is O=S(=O)(Cl)CC#Cc1cccc(Cl)c1. The van der Waals surface area contributed by atoms with E-state index < -0.39 is 9.05 Å². The lowest BCUT2D eigenvalue weighted by atomic mass is 10.2. The number of hydrogen-bond donors (Lipinski definition) is 0. The first-order valence-electron chi connectivity index (χ1n) is 3.64. The molecule has 2 nitrogen and oxygen atoms in total. The second-order valence-corrected chi connectivity index (χ2v) is 5.71. The molecule has 0 saturated carbocycles. The summed E-state index contributed by atoms with van der Waals surface area (Å²) in [5.74, 6) is 4.72. The van der Waals surface area contributed by atoms with Crippen molar-refractivity contribution >= 4 is 31.3 Å². The molecule has 0 aliphatic heterocycles. The average Bonchev–Trinajstić information content (AvgIpc) is 2.01. The Balaban J connectivity index is 2.79. The van der Waals surface area contributed by atoms with Gasteiger partial charge in [-0.15, -0.1) is 0 Å². The predicted octanol–water partition coefficient (Wildman–Crippen LogP) is 2.26. The van der Waals surface area contributed by atoms with Gasteiger partial charge in [0, 0.05) is 21.3 Å². The first-order valence-corrected chi connectivity index (χ1v) is 6.50. The van der Waals surface area contributed by atoms with E-state index in [0.29, 0.717) is 10.6 Å². The fourth-order valence-corrected chi connectivity index (χ4v) is 1.39. The molecule has 0 amide bonds. The monoisotopic (exact) mass is 248 g/mol. The van der Waals surface area contributed by atoms with Gasteiger partial charge in [0.25, 0.3) is 0 Å². The van der Waals surface area contributed by atoms with Crippen molar-refractivity contribution in [2.75, 3.05) is 5.75 Å². The van der Waals surface area contributed by atoms with Gasteiger partial charge in [-0.3, -0.25) is 0 Å². The van der Waals surface area contributed by atoms with E-state index in [0.717, 1.165) is 0 Å². The molecule has 0 radical (unpaired) electrons. The average molecular weight is 249 g/mol. The highest BCUT2D eigenvalue weighted by Crippen LogP contribution is 2.09. The van der Waals surface area contributed by atoms with Crippen molar-refractivity contribution in [2.45, 2.75) is 0 Å². The summed E-state index contributed by atoms with van der Waals surface area (Å²) in [6.45, 7) is 0. The quantitative estimate of drug-likeness (QED) is 0.565. The second-order valence-electron chi connectivity index (χ2n) is 2.50. The standard InChI is InChI=1S/C9H6Cl2O2S/c10-9-5-1-3-8(7-9)4-2-6-14(11,12)13/h1,3,5,7H,6H2. The minimum Gasteiger partial charge on any atom is -0.211 e. The van der Waals surface area contributed by atoms with Crippen LogP contribution in [0.2, 0.25) is 5.02 Å². The molecule has 0 fully saturated rings. The molecule has 5 heteroatoms. The highest BCUT2D eigenvalue weighted by atomic mass is 35.7. The van der Waals surface area contributed by atoms with Gasteiger partial charge in [-0.1, -0.05) is 29.5 Å². The third-order valence-electron chi connectivity index (χ3n) is 1.30. The van der Waals surface area contributed by atoms with Crippen molar-refractivity contribution in [3.05, 3.63) is 34.9 Å². The van der Waals surface area contributed by atoms with Gasteiger partial charge >= 0.3 is 0 Å². The van der Waals surface area contributed by atoms with E-state index in [2.05, 4.69) is 11.8 Å². The molecule has 0 bridgehead atoms. The van der Waals surface area contributed by atoms with Crippen LogP contribution in [0.4, 0.5) is 0 Å². The smallest absolute Gasteiger partial charge is 0.211 e. The summed E-state index contributed by atoms with van der Waals surface area (Å²) in [7, 11) is 1.44. The zero-order chi connectivity index (χ0) is 10.6. The fourth-order valence-electron chi connectivity index (χ4n) is 0.791. The lowest BCUT2D eigenvalue weighted by Gasteiger charge is -1.90. The van der Waals surface area contributed by atoms with Gasteiger partial charge in [-0.2, -0.15) is 0 Å². The Morgan fingerprint density at radius 3 is 2.64 bits per heavy atom. The first-order chi connectivity index (χ1) is 6.47. The van der Waals surface area contributed by atoms with Gasteiger partial charge < -0.3 is 0 Å². The van der Waals surface area contributed by atoms with Gasteiger partial charge in [0.1, 0.15) is 5.75 Å². The summed E-state index contributed by atoms with van der Waals surface area (Å²) in [6, 6.07) is 6.84. The third kappa shape index (κ3) is 4.52. The molecule has 0 heterocycles. The van der Waals surface area contributed by atoms with E-state index in [9.17, 15) is 8.42 Å². The second kappa shape index (κ2) is 4.70. The minimum atomic E-state index is -3.54. The van der Waals surface area contributed by atoms with Crippen LogP contribution in [0.15, 0.2) is 24.3 Å². The number of hydrogen-bond acceptors (Lipinski definition) is 2. The predicted molar refractivity (Wildman–Crippen MR) is 58.0 cm³/mol. The molecule has 0 aliphatic rings. The molecule has 1 rings (SSSR count). The molecule has 0 unspecified atom stereocenters. The lowest BCUT2D eigenvalue weighted by Crippen LogP contribution is -1.92. The van der Waals surface area contributed by atoms with Crippen LogP contribution in [0, 0.1) is 11.8 Å². The Labute approximate surface area is 92.3 Å². The molecule has 0 atom stereocenters. The summed E-state index contributed by atoms with van der Waals surface area (Å²) in [5.41, 5.74) is 0.665. The summed E-state index contributed by atoms with van der Waals surface area (Å²) in [6.07, 6.45) is 0. The fraction of sp³-hybridized carbons (Fsp3) is 0.111. The molecule has 0 aromatic heterocycles. The van der Waals surface area contributed by atoms with Gasteiger partial charge in [0.05, 0.1) is 0 Å². The van der Waals surface area contributed by atoms with E-state index in [4.69, 9.17) is 22.3 Å². The number of benzene rings is 1. The Hall–Kier alpha value is -0.690. The lowest BCUT2D eigenvalue weighted by molar-refractivity contribution is 0.612. The van der Waals surface area contributed by atoms with Crippen LogP contribution in [0.25, 0.3) is 0 Å². The highest BCUT2D eigenvalue weighted by Gasteiger charge is 1.99. The maximum absolute atomic E-state index is 10.5. The molecule has 0 spiro atoms. The Bertz CT molecular complexity index is 483. The van der Waals surface area contributed by atoms with Crippen LogP contribution in [-0.4, -0.2) is 14.2 Å². The molecule has 0 aliphatic carbocycles. The zero-order valence-corrected chi connectivity index (χ0v) is 9.33. The van der Waals surface area contributed by atoms with Gasteiger partial charge in [0.15, 0.2) is 0 Å². The summed E-state index contributed by atoms with van der Waals surface area (Å²) in [4.78, 5) is 0. The Kier molecular flexibility index (Phi) is 3.82. The molecular formula is C9H6Cl2O2S. The van der Waals surface area contributed by atoms with Gasteiger partial charge in [-0.25, -0.2) is 8.42 Å². The van der Waals surface area contributed by atoms with Crippen molar-refractivity contribution in [1.29, 1.82) is 0 Å². The first kappa shape index (κ1) is 11.4. The van der Waals surface area contributed by atoms with E-state index in [1.54, 1.807) is 24.3 Å². The number of rotatable bonds is 1. The maximum atomic E-state index is 10.5. The summed E-state index contributed by atoms with van der Waals surface area (Å²) >= 11 is 5.70. The van der Waals surface area contributed by atoms with Crippen LogP contribution in [-0.2, 0) is 9.05 Å². The Morgan fingerprint density at radius 1 is 1.36 bits per heavy atom. The van der Waals surface area contributed by atoms with E-state index in [1.165, 1.54) is 0 Å². The normalized spacial score (nSPS) is 10.4. The maximum Gasteiger partial charge on any atom is 0.243 e. The highest BCUT2D eigenvalue weighted by molar-refractivity contribution is 8.13. The van der Waals surface area contributed by atoms with E-state index in [-0.39, 0.29) is 5.75 Å². The van der Waals surface area contributed by atoms with Crippen molar-refractivity contribution in [2.24, 2.45) is 0 Å². The molecule has 1 aromatic carbocycles. The van der Waals surface area contributed by atoms with Crippen molar-refractivity contribution < 1.29 is 8.42 Å². The van der Waals surface area contributed by atoms with Gasteiger partial charge in [0.2, 0.25) is 9.05 Å². The molecule has 0 saturated heterocycles. The van der Waals surface area contributed by atoms with Crippen LogP contribution in [0.1, 0.15) is 5.56 Å². The van der Waals surface area contributed by atoms with Crippen molar-refractivity contribution in [1.82, 2.24) is 0 Å². The molecule has 1 aromatic rings. The number of halogens is 2.